The molecule has 13 nitrogen and oxygen atoms in total. The van der Waals surface area contributed by atoms with E-state index in [9.17, 15) is 8.42 Å². The first-order chi connectivity index (χ1) is 21.2. The third-order valence-corrected chi connectivity index (χ3v) is 10.0. The minimum absolute atomic E-state index is 0.358. The van der Waals surface area contributed by atoms with Crippen molar-refractivity contribution in [3.05, 3.63) is 53.5 Å². The van der Waals surface area contributed by atoms with Gasteiger partial charge < -0.3 is 20.4 Å². The van der Waals surface area contributed by atoms with Crippen molar-refractivity contribution in [1.29, 1.82) is 0 Å². The van der Waals surface area contributed by atoms with Crippen LogP contribution in [0.4, 0.5) is 34.6 Å². The second kappa shape index (κ2) is 12.8. The largest absolute Gasteiger partial charge is 0.357 e. The summed E-state index contributed by atoms with van der Waals surface area (Å²) in [4.78, 5) is 29.9. The zero-order chi connectivity index (χ0) is 30.8. The van der Waals surface area contributed by atoms with E-state index in [-0.39, 0.29) is 0 Å². The van der Waals surface area contributed by atoms with Crippen molar-refractivity contribution in [2.45, 2.75) is 18.9 Å². The second-order valence-electron chi connectivity index (χ2n) is 11.2. The minimum atomic E-state index is -3.59. The average molecular weight is 683 g/mol. The first-order valence-electron chi connectivity index (χ1n) is 14.5. The van der Waals surface area contributed by atoms with Gasteiger partial charge in [0.1, 0.15) is 22.8 Å². The smallest absolute Gasteiger partial charge is 0.232 e. The second-order valence-corrected chi connectivity index (χ2v) is 14.1. The summed E-state index contributed by atoms with van der Waals surface area (Å²) in [6.45, 7) is 6.61. The lowest BCUT2D eigenvalue weighted by molar-refractivity contribution is 0.0981. The molecule has 232 valence electrons. The van der Waals surface area contributed by atoms with Crippen LogP contribution in [-0.2, 0) is 10.0 Å². The third kappa shape index (κ3) is 6.70. The summed E-state index contributed by atoms with van der Waals surface area (Å²) in [5.41, 5.74) is 2.64. The van der Waals surface area contributed by atoms with Gasteiger partial charge in [0.05, 0.1) is 33.8 Å². The average Bonchev–Trinajstić information content (AvgIpc) is 3.03. The number of rotatable bonds is 8. The molecule has 2 aliphatic heterocycles. The van der Waals surface area contributed by atoms with E-state index in [1.54, 1.807) is 30.7 Å². The van der Waals surface area contributed by atoms with Gasteiger partial charge in [-0.15, -0.1) is 0 Å². The topological polar surface area (TPSA) is 136 Å². The van der Waals surface area contributed by atoms with E-state index in [2.05, 4.69) is 68.2 Å². The number of nitrogens with one attached hydrogen (secondary N) is 2. The van der Waals surface area contributed by atoms with Gasteiger partial charge in [0, 0.05) is 70.9 Å². The normalized spacial score (nSPS) is 17.1. The maximum Gasteiger partial charge on any atom is 0.232 e. The monoisotopic (exact) mass is 681 g/mol. The number of fused-ring (bicyclic) bond motifs is 1. The fraction of sp³-hybridized carbons (Fsp3) is 0.414. The molecule has 0 unspecified atom stereocenters. The number of anilines is 6. The van der Waals surface area contributed by atoms with Gasteiger partial charge in [-0.2, -0.15) is 4.98 Å². The Labute approximate surface area is 265 Å². The van der Waals surface area contributed by atoms with E-state index < -0.39 is 10.0 Å². The van der Waals surface area contributed by atoms with Crippen molar-refractivity contribution in [3.63, 3.8) is 0 Å². The van der Waals surface area contributed by atoms with Crippen molar-refractivity contribution in [3.8, 4) is 0 Å². The highest BCUT2D eigenvalue weighted by atomic mass is 79.9. The Kier molecular flexibility index (Phi) is 8.80. The molecule has 44 heavy (non-hydrogen) atoms. The van der Waals surface area contributed by atoms with Crippen LogP contribution in [-0.4, -0.2) is 109 Å². The molecule has 2 N–H and O–H groups in total. The van der Waals surface area contributed by atoms with Gasteiger partial charge in [-0.3, -0.25) is 19.2 Å². The van der Waals surface area contributed by atoms with Crippen LogP contribution < -0.4 is 19.8 Å². The Bertz CT molecular complexity index is 1730. The molecule has 0 aliphatic carbocycles. The number of likely N-dealkylation sites (N-methyl/N-ethyl adjacent to an activating group) is 1. The van der Waals surface area contributed by atoms with Gasteiger partial charge in [0.15, 0.2) is 0 Å². The summed E-state index contributed by atoms with van der Waals surface area (Å²) < 4.78 is 26.8. The number of piperidine rings is 1. The molecule has 2 aliphatic rings. The number of aromatic nitrogens is 5. The van der Waals surface area contributed by atoms with Crippen LogP contribution in [0.15, 0.2) is 53.5 Å². The molecule has 4 aromatic rings. The van der Waals surface area contributed by atoms with Crippen molar-refractivity contribution >= 4 is 71.6 Å². The highest BCUT2D eigenvalue weighted by molar-refractivity contribution is 9.10. The molecule has 0 saturated carbocycles. The first-order valence-corrected chi connectivity index (χ1v) is 17.2. The van der Waals surface area contributed by atoms with Crippen molar-refractivity contribution in [2.24, 2.45) is 0 Å². The fourth-order valence-electron chi connectivity index (χ4n) is 5.67. The molecule has 3 aromatic heterocycles. The number of halogens is 1. The summed E-state index contributed by atoms with van der Waals surface area (Å²) in [6.07, 6.45) is 9.97. The molecule has 2 fully saturated rings. The summed E-state index contributed by atoms with van der Waals surface area (Å²) in [5.74, 6) is 1.77. The van der Waals surface area contributed by atoms with Gasteiger partial charge >= 0.3 is 0 Å². The zero-order valence-corrected chi connectivity index (χ0v) is 27.4. The highest BCUT2D eigenvalue weighted by Crippen LogP contribution is 2.36. The number of hydrogen-bond donors (Lipinski definition) is 2. The van der Waals surface area contributed by atoms with E-state index in [1.165, 1.54) is 17.5 Å². The van der Waals surface area contributed by atoms with Crippen LogP contribution in [0.1, 0.15) is 12.8 Å². The van der Waals surface area contributed by atoms with E-state index in [1.807, 2.05) is 12.1 Å². The summed E-state index contributed by atoms with van der Waals surface area (Å²) in [5, 5.41) is 6.48. The molecule has 0 radical (unpaired) electrons. The van der Waals surface area contributed by atoms with Crippen LogP contribution in [0.2, 0.25) is 0 Å². The number of pyridine rings is 1. The van der Waals surface area contributed by atoms with Crippen LogP contribution in [0.5, 0.6) is 0 Å². The molecule has 0 bridgehead atoms. The predicted molar refractivity (Wildman–Crippen MR) is 178 cm³/mol. The number of sulfonamides is 1. The van der Waals surface area contributed by atoms with Crippen LogP contribution >= 0.6 is 15.9 Å². The first kappa shape index (κ1) is 30.4. The SMILES string of the molecule is CN1CCN(C2CCN(c3ccc(Nc4ncc(Br)c(Nc5ccc6nccnc6c5N(C)S(C)(=O)=O)n4)cn3)CC2)CC1. The van der Waals surface area contributed by atoms with Crippen LogP contribution in [0.3, 0.4) is 0 Å². The Hall–Kier alpha value is -3.66. The molecule has 1 aromatic carbocycles. The Morgan fingerprint density at radius 3 is 2.36 bits per heavy atom. The van der Waals surface area contributed by atoms with Crippen molar-refractivity contribution < 1.29 is 8.42 Å². The number of piperazine rings is 1. The Balaban J connectivity index is 1.15. The molecular weight excluding hydrogens is 646 g/mol. The standard InChI is InChI=1S/C29H36BrN11O2S/c1-38-14-16-40(17-15-38)21-8-12-41(13-9-21)25-7-4-20(18-33-25)35-29-34-19-22(30)28(37-29)36-24-6-5-23-26(32-11-10-31-23)27(24)39(2)44(3,42)43/h4-7,10-11,18-19,21H,8-9,12-17H2,1-3H3,(H2,34,35,36,37). The quantitative estimate of drug-likeness (QED) is 0.281. The molecule has 6 rings (SSSR count). The molecule has 0 amide bonds. The fourth-order valence-corrected chi connectivity index (χ4v) is 6.48. The molecule has 0 spiro atoms. The van der Waals surface area contributed by atoms with Gasteiger partial charge in [-0.05, 0) is 60.1 Å². The highest BCUT2D eigenvalue weighted by Gasteiger charge is 2.27. The predicted octanol–water partition coefficient (Wildman–Crippen LogP) is 3.68. The summed E-state index contributed by atoms with van der Waals surface area (Å²) >= 11 is 3.51. The van der Waals surface area contributed by atoms with E-state index in [0.717, 1.165) is 69.9 Å². The molecule has 15 heteroatoms. The lowest BCUT2D eigenvalue weighted by Crippen LogP contribution is -2.52. The maximum atomic E-state index is 12.5. The number of benzene rings is 1. The van der Waals surface area contributed by atoms with E-state index in [0.29, 0.717) is 44.7 Å². The summed E-state index contributed by atoms with van der Waals surface area (Å²) in [7, 11) is 0.0938. The molecule has 0 atom stereocenters. The van der Waals surface area contributed by atoms with Crippen molar-refractivity contribution in [2.75, 3.05) is 79.5 Å². The minimum Gasteiger partial charge on any atom is -0.357 e. The van der Waals surface area contributed by atoms with Gasteiger partial charge in [0.25, 0.3) is 0 Å². The third-order valence-electron chi connectivity index (χ3n) is 8.27. The van der Waals surface area contributed by atoms with Gasteiger partial charge in [-0.1, -0.05) is 0 Å². The molecule has 5 heterocycles. The lowest BCUT2D eigenvalue weighted by atomic mass is 10.0. The molecular formula is C29H36BrN11O2S. The lowest BCUT2D eigenvalue weighted by Gasteiger charge is -2.42. The Morgan fingerprint density at radius 1 is 0.909 bits per heavy atom. The van der Waals surface area contributed by atoms with E-state index in [4.69, 9.17) is 4.98 Å². The Morgan fingerprint density at radius 2 is 1.66 bits per heavy atom. The molecule has 2 saturated heterocycles. The zero-order valence-electron chi connectivity index (χ0n) is 25.0. The number of hydrogen-bond acceptors (Lipinski definition) is 12. The van der Waals surface area contributed by atoms with Gasteiger partial charge in [-0.25, -0.2) is 18.4 Å². The summed E-state index contributed by atoms with van der Waals surface area (Å²) in [6, 6.07) is 8.20. The van der Waals surface area contributed by atoms with Crippen LogP contribution in [0, 0.1) is 0 Å². The van der Waals surface area contributed by atoms with Gasteiger partial charge in [0.2, 0.25) is 16.0 Å². The number of nitrogens with zero attached hydrogens (tertiary/aromatic N) is 9. The van der Waals surface area contributed by atoms with Crippen molar-refractivity contribution in [1.82, 2.24) is 34.7 Å². The van der Waals surface area contributed by atoms with Crippen LogP contribution in [0.25, 0.3) is 11.0 Å². The van der Waals surface area contributed by atoms with E-state index >= 15 is 0 Å². The maximum absolute atomic E-state index is 12.5.